The molecule has 3 heterocycles. The number of nitrogens with zero attached hydrogens (tertiary/aromatic N) is 4. The zero-order valence-corrected chi connectivity index (χ0v) is 14.7. The van der Waals surface area contributed by atoms with Gasteiger partial charge in [-0.1, -0.05) is 24.3 Å². The second-order valence-corrected chi connectivity index (χ2v) is 6.92. The minimum Gasteiger partial charge on any atom is -0.394 e. The van der Waals surface area contributed by atoms with Crippen LogP contribution in [-0.4, -0.2) is 82.0 Å². The number of likely N-dealkylation sites (N-methyl/N-ethyl adjacent to an activating group) is 1. The summed E-state index contributed by atoms with van der Waals surface area (Å²) in [6, 6.07) is 8.84. The summed E-state index contributed by atoms with van der Waals surface area (Å²) in [6.07, 6.45) is 1.79. The van der Waals surface area contributed by atoms with Crippen LogP contribution in [0.2, 0.25) is 0 Å². The Morgan fingerprint density at radius 1 is 1.15 bits per heavy atom. The lowest BCUT2D eigenvalue weighted by Crippen LogP contribution is -2.69. The molecule has 0 aliphatic carbocycles. The van der Waals surface area contributed by atoms with Crippen molar-refractivity contribution in [2.24, 2.45) is 0 Å². The average molecular weight is 354 g/mol. The molecule has 2 aliphatic heterocycles. The van der Waals surface area contributed by atoms with Crippen LogP contribution in [0.4, 0.5) is 0 Å². The first kappa shape index (κ1) is 16.9. The van der Waals surface area contributed by atoms with Crippen molar-refractivity contribution in [1.29, 1.82) is 0 Å². The van der Waals surface area contributed by atoms with Gasteiger partial charge in [-0.25, -0.2) is 0 Å². The highest BCUT2D eigenvalue weighted by Gasteiger charge is 2.46. The van der Waals surface area contributed by atoms with Gasteiger partial charge < -0.3 is 14.9 Å². The number of aromatic nitrogens is 1. The van der Waals surface area contributed by atoms with Crippen LogP contribution >= 0.6 is 0 Å². The van der Waals surface area contributed by atoms with Gasteiger partial charge in [-0.3, -0.25) is 19.5 Å². The molecule has 7 heteroatoms. The molecule has 2 amide bonds. The molecule has 0 radical (unpaired) electrons. The molecule has 4 rings (SSSR count). The molecule has 2 aromatic rings. The van der Waals surface area contributed by atoms with Gasteiger partial charge in [0, 0.05) is 44.8 Å². The van der Waals surface area contributed by atoms with E-state index in [1.165, 1.54) is 4.90 Å². The van der Waals surface area contributed by atoms with E-state index in [2.05, 4.69) is 16.0 Å². The fraction of sp³-hybridized carbons (Fsp3) is 0.421. The van der Waals surface area contributed by atoms with Gasteiger partial charge in [0.1, 0.15) is 12.1 Å². The molecule has 0 saturated carbocycles. The van der Waals surface area contributed by atoms with Gasteiger partial charge in [0.2, 0.25) is 11.8 Å². The molecular formula is C19H22N4O3. The molecule has 2 aliphatic rings. The first-order valence-electron chi connectivity index (χ1n) is 8.83. The van der Waals surface area contributed by atoms with Crippen molar-refractivity contribution in [2.45, 2.75) is 18.6 Å². The fourth-order valence-corrected chi connectivity index (χ4v) is 3.94. The quantitative estimate of drug-likeness (QED) is 0.845. The second kappa shape index (κ2) is 6.66. The predicted octanol–water partition coefficient (Wildman–Crippen LogP) is 0.0805. The number of carbonyl (C=O) groups excluding carboxylic acids is 2. The Balaban J connectivity index is 1.55. The zero-order chi connectivity index (χ0) is 18.3. The van der Waals surface area contributed by atoms with E-state index in [1.54, 1.807) is 18.1 Å². The first-order valence-corrected chi connectivity index (χ1v) is 8.83. The van der Waals surface area contributed by atoms with E-state index in [0.717, 1.165) is 16.5 Å². The fourth-order valence-electron chi connectivity index (χ4n) is 3.94. The van der Waals surface area contributed by atoms with Gasteiger partial charge in [0.15, 0.2) is 0 Å². The number of hydrogen-bond donors (Lipinski definition) is 1. The molecule has 1 N–H and O–H groups in total. The van der Waals surface area contributed by atoms with Crippen LogP contribution in [0.1, 0.15) is 5.56 Å². The minimum atomic E-state index is -0.757. The van der Waals surface area contributed by atoms with E-state index in [4.69, 9.17) is 0 Å². The molecule has 0 bridgehead atoms. The number of aliphatic hydroxyl groups excluding tert-OH is 1. The number of para-hydroxylation sites is 1. The lowest BCUT2D eigenvalue weighted by Gasteiger charge is -2.48. The molecule has 0 unspecified atom stereocenters. The number of aliphatic hydroxyl groups is 1. The van der Waals surface area contributed by atoms with Crippen molar-refractivity contribution >= 4 is 22.7 Å². The standard InChI is InChI=1S/C19H22N4O3/c1-21-16(12-24)19(26)23-9-8-22(11-15(23)18(21)25)10-14-5-2-4-13-6-3-7-20-17(13)14/h2-7,15-16,24H,8-12H2,1H3/t15-,16+/m1/s1. The van der Waals surface area contributed by atoms with Crippen molar-refractivity contribution in [3.05, 3.63) is 42.1 Å². The summed E-state index contributed by atoms with van der Waals surface area (Å²) in [7, 11) is 1.59. The van der Waals surface area contributed by atoms with Gasteiger partial charge in [-0.05, 0) is 11.6 Å². The molecule has 2 saturated heterocycles. The Bertz CT molecular complexity index is 850. The smallest absolute Gasteiger partial charge is 0.248 e. The second-order valence-electron chi connectivity index (χ2n) is 6.92. The molecule has 1 aromatic carbocycles. The van der Waals surface area contributed by atoms with Gasteiger partial charge in [-0.2, -0.15) is 0 Å². The van der Waals surface area contributed by atoms with Crippen LogP contribution in [0.3, 0.4) is 0 Å². The molecule has 2 fully saturated rings. The number of rotatable bonds is 3. The lowest BCUT2D eigenvalue weighted by molar-refractivity contribution is -0.165. The van der Waals surface area contributed by atoms with Gasteiger partial charge in [0.05, 0.1) is 12.1 Å². The molecule has 7 nitrogen and oxygen atoms in total. The molecule has 136 valence electrons. The topological polar surface area (TPSA) is 77.0 Å². The Labute approximate surface area is 151 Å². The summed E-state index contributed by atoms with van der Waals surface area (Å²) < 4.78 is 0. The van der Waals surface area contributed by atoms with Crippen molar-refractivity contribution in [1.82, 2.24) is 19.7 Å². The number of benzene rings is 1. The maximum absolute atomic E-state index is 12.7. The summed E-state index contributed by atoms with van der Waals surface area (Å²) >= 11 is 0. The van der Waals surface area contributed by atoms with Crippen LogP contribution in [-0.2, 0) is 16.1 Å². The Morgan fingerprint density at radius 2 is 1.96 bits per heavy atom. The highest BCUT2D eigenvalue weighted by molar-refractivity contribution is 5.97. The van der Waals surface area contributed by atoms with Crippen molar-refractivity contribution in [3.8, 4) is 0 Å². The van der Waals surface area contributed by atoms with Crippen LogP contribution in [0.15, 0.2) is 36.5 Å². The summed E-state index contributed by atoms with van der Waals surface area (Å²) in [6.45, 7) is 2.04. The van der Waals surface area contributed by atoms with E-state index in [1.807, 2.05) is 24.3 Å². The zero-order valence-electron chi connectivity index (χ0n) is 14.7. The van der Waals surface area contributed by atoms with Crippen LogP contribution < -0.4 is 0 Å². The third-order valence-electron chi connectivity index (χ3n) is 5.42. The maximum Gasteiger partial charge on any atom is 0.248 e. The molecule has 1 aromatic heterocycles. The number of hydrogen-bond acceptors (Lipinski definition) is 5. The van der Waals surface area contributed by atoms with Gasteiger partial charge in [0.25, 0.3) is 0 Å². The van der Waals surface area contributed by atoms with E-state index >= 15 is 0 Å². The summed E-state index contributed by atoms with van der Waals surface area (Å²) in [5.74, 6) is -0.268. The van der Waals surface area contributed by atoms with Crippen LogP contribution in [0, 0.1) is 0 Å². The molecular weight excluding hydrogens is 332 g/mol. The SMILES string of the molecule is CN1C(=O)[C@H]2CN(Cc3cccc4cccnc34)CCN2C(=O)[C@@H]1CO. The lowest BCUT2D eigenvalue weighted by atomic mass is 10.0. The number of fused-ring (bicyclic) bond motifs is 2. The third kappa shape index (κ3) is 2.73. The number of piperazine rings is 2. The minimum absolute atomic E-state index is 0.107. The maximum atomic E-state index is 12.7. The molecule has 0 spiro atoms. The summed E-state index contributed by atoms with van der Waals surface area (Å²) in [4.78, 5) is 34.9. The van der Waals surface area contributed by atoms with E-state index in [9.17, 15) is 14.7 Å². The Hall–Kier alpha value is -2.51. The number of carbonyl (C=O) groups is 2. The number of amides is 2. The Kier molecular flexibility index (Phi) is 4.34. The molecule has 2 atom stereocenters. The summed E-state index contributed by atoms with van der Waals surface area (Å²) in [5, 5.41) is 10.5. The van der Waals surface area contributed by atoms with Crippen LogP contribution in [0.25, 0.3) is 10.9 Å². The van der Waals surface area contributed by atoms with Crippen molar-refractivity contribution in [3.63, 3.8) is 0 Å². The van der Waals surface area contributed by atoms with Crippen LogP contribution in [0.5, 0.6) is 0 Å². The first-order chi connectivity index (χ1) is 12.6. The summed E-state index contributed by atoms with van der Waals surface area (Å²) in [5.41, 5.74) is 2.09. The van der Waals surface area contributed by atoms with Crippen molar-refractivity contribution in [2.75, 3.05) is 33.3 Å². The predicted molar refractivity (Wildman–Crippen MR) is 96.2 cm³/mol. The van der Waals surface area contributed by atoms with E-state index < -0.39 is 12.1 Å². The highest BCUT2D eigenvalue weighted by Crippen LogP contribution is 2.23. The average Bonchev–Trinajstić information content (AvgIpc) is 2.67. The molecule has 26 heavy (non-hydrogen) atoms. The Morgan fingerprint density at radius 3 is 2.77 bits per heavy atom. The van der Waals surface area contributed by atoms with E-state index in [-0.39, 0.29) is 18.4 Å². The monoisotopic (exact) mass is 354 g/mol. The van der Waals surface area contributed by atoms with Gasteiger partial charge >= 0.3 is 0 Å². The highest BCUT2D eigenvalue weighted by atomic mass is 16.3. The third-order valence-corrected chi connectivity index (χ3v) is 5.42. The number of pyridine rings is 1. The van der Waals surface area contributed by atoms with Crippen molar-refractivity contribution < 1.29 is 14.7 Å². The largest absolute Gasteiger partial charge is 0.394 e. The van der Waals surface area contributed by atoms with E-state index in [0.29, 0.717) is 26.2 Å². The van der Waals surface area contributed by atoms with Gasteiger partial charge in [-0.15, -0.1) is 0 Å². The normalized spacial score (nSPS) is 24.2.